The average molecular weight is 472 g/mol. The summed E-state index contributed by atoms with van der Waals surface area (Å²) < 4.78 is 29.5. The molecule has 0 heterocycles. The Morgan fingerprint density at radius 1 is 1.04 bits per heavy atom. The van der Waals surface area contributed by atoms with Crippen molar-refractivity contribution in [2.24, 2.45) is 0 Å². The highest BCUT2D eigenvalue weighted by Crippen LogP contribution is 2.30. The number of aryl methyl sites for hydroxylation is 2. The quantitative estimate of drug-likeness (QED) is 0.329. The summed E-state index contributed by atoms with van der Waals surface area (Å²) in [6.45, 7) is 5.49. The Labute approximate surface area is 179 Å². The molecule has 6 heteroatoms. The second-order valence-electron chi connectivity index (χ2n) is 6.24. The largest absolute Gasteiger partial charge is 0.494 e. The Bertz CT molecular complexity index is 774. The lowest BCUT2D eigenvalue weighted by Crippen LogP contribution is -2.05. The van der Waals surface area contributed by atoms with Gasteiger partial charge in [-0.05, 0) is 95.7 Å². The summed E-state index contributed by atoms with van der Waals surface area (Å²) >= 11 is 8.60. The molecule has 0 spiro atoms. The average Bonchev–Trinajstić information content (AvgIpc) is 2.66. The molecular weight excluding hydrogens is 447 g/mol. The third kappa shape index (κ3) is 7.72. The third-order valence-electron chi connectivity index (χ3n) is 4.06. The third-order valence-corrected chi connectivity index (χ3v) is 4.64. The zero-order valence-electron chi connectivity index (χ0n) is 16.1. The molecule has 2 rings (SSSR count). The van der Waals surface area contributed by atoms with Crippen LogP contribution in [0.2, 0.25) is 5.02 Å². The molecule has 0 fully saturated rings. The topological polar surface area (TPSA) is 27.7 Å². The van der Waals surface area contributed by atoms with Gasteiger partial charge in [-0.2, -0.15) is 4.39 Å². The monoisotopic (exact) mass is 470 g/mol. The van der Waals surface area contributed by atoms with E-state index in [1.165, 1.54) is 6.08 Å². The Hall–Kier alpha value is -1.72. The Balaban J connectivity index is 1.79. The fraction of sp³-hybridized carbons (Fsp3) is 0.364. The molecule has 0 radical (unpaired) electrons. The highest BCUT2D eigenvalue weighted by atomic mass is 79.9. The van der Waals surface area contributed by atoms with Gasteiger partial charge in [-0.1, -0.05) is 18.5 Å². The van der Waals surface area contributed by atoms with Crippen molar-refractivity contribution in [2.45, 2.75) is 33.1 Å². The number of unbranched alkanes of at least 4 members (excludes halogenated alkanes) is 1. The number of rotatable bonds is 11. The summed E-state index contributed by atoms with van der Waals surface area (Å²) in [5, 5.41) is 0.700. The Morgan fingerprint density at radius 3 is 2.36 bits per heavy atom. The van der Waals surface area contributed by atoms with Gasteiger partial charge in [0.1, 0.15) is 23.9 Å². The molecule has 0 aliphatic rings. The lowest BCUT2D eigenvalue weighted by Gasteiger charge is -2.16. The summed E-state index contributed by atoms with van der Waals surface area (Å²) in [5.41, 5.74) is 2.09. The summed E-state index contributed by atoms with van der Waals surface area (Å²) in [6, 6.07) is 11.2. The summed E-state index contributed by atoms with van der Waals surface area (Å²) in [6.07, 6.45) is 3.95. The van der Waals surface area contributed by atoms with Crippen LogP contribution in [0.4, 0.5) is 4.39 Å². The predicted molar refractivity (Wildman–Crippen MR) is 116 cm³/mol. The lowest BCUT2D eigenvalue weighted by atomic mass is 10.1. The molecule has 0 saturated carbocycles. The number of ether oxygens (including phenoxy) is 3. The number of halogens is 3. The van der Waals surface area contributed by atoms with Crippen LogP contribution in [0, 0.1) is 6.92 Å². The van der Waals surface area contributed by atoms with Crippen molar-refractivity contribution >= 4 is 27.5 Å². The van der Waals surface area contributed by atoms with Crippen molar-refractivity contribution in [3.63, 3.8) is 0 Å². The maximum absolute atomic E-state index is 12.7. The first kappa shape index (κ1) is 22.6. The molecule has 0 amide bonds. The molecule has 0 N–H and O–H groups in total. The molecule has 3 nitrogen and oxygen atoms in total. The van der Waals surface area contributed by atoms with Crippen LogP contribution >= 0.6 is 27.5 Å². The minimum Gasteiger partial charge on any atom is -0.494 e. The van der Waals surface area contributed by atoms with E-state index < -0.39 is 4.74 Å². The second kappa shape index (κ2) is 12.0. The van der Waals surface area contributed by atoms with Crippen LogP contribution in [0.5, 0.6) is 17.2 Å². The molecule has 152 valence electrons. The normalized spacial score (nSPS) is 11.4. The highest BCUT2D eigenvalue weighted by Gasteiger charge is 2.09. The zero-order chi connectivity index (χ0) is 20.4. The van der Waals surface area contributed by atoms with E-state index in [0.717, 1.165) is 41.9 Å². The fourth-order valence-electron chi connectivity index (χ4n) is 2.66. The van der Waals surface area contributed by atoms with Gasteiger partial charge in [0.15, 0.2) is 4.74 Å². The highest BCUT2D eigenvalue weighted by molar-refractivity contribution is 9.11. The van der Waals surface area contributed by atoms with Crippen molar-refractivity contribution < 1.29 is 18.6 Å². The first-order valence-corrected chi connectivity index (χ1v) is 10.4. The number of hydrogen-bond acceptors (Lipinski definition) is 3. The summed E-state index contributed by atoms with van der Waals surface area (Å²) in [5.74, 6) is 2.43. The smallest absolute Gasteiger partial charge is 0.165 e. The van der Waals surface area contributed by atoms with Gasteiger partial charge >= 0.3 is 0 Å². The SMILES string of the molecule is CCc1cc(OCC=C(F)Br)cc(C)c1OCCCCOc1ccc(Cl)cc1. The van der Waals surface area contributed by atoms with E-state index in [1.807, 2.05) is 43.3 Å². The lowest BCUT2D eigenvalue weighted by molar-refractivity contribution is 0.264. The van der Waals surface area contributed by atoms with Crippen molar-refractivity contribution in [1.29, 1.82) is 0 Å². The van der Waals surface area contributed by atoms with Crippen LogP contribution in [-0.2, 0) is 6.42 Å². The van der Waals surface area contributed by atoms with Crippen LogP contribution < -0.4 is 14.2 Å². The van der Waals surface area contributed by atoms with E-state index in [2.05, 4.69) is 22.9 Å². The van der Waals surface area contributed by atoms with E-state index in [-0.39, 0.29) is 6.61 Å². The minimum atomic E-state index is -0.431. The molecule has 0 atom stereocenters. The summed E-state index contributed by atoms with van der Waals surface area (Å²) in [7, 11) is 0. The van der Waals surface area contributed by atoms with Crippen LogP contribution in [0.1, 0.15) is 30.9 Å². The van der Waals surface area contributed by atoms with Crippen LogP contribution in [-0.4, -0.2) is 19.8 Å². The fourth-order valence-corrected chi connectivity index (χ4v) is 2.92. The molecule has 0 bridgehead atoms. The van der Waals surface area contributed by atoms with Crippen molar-refractivity contribution in [3.05, 3.63) is 63.4 Å². The molecule has 0 aromatic heterocycles. The predicted octanol–water partition coefficient (Wildman–Crippen LogP) is 7.03. The van der Waals surface area contributed by atoms with E-state index >= 15 is 0 Å². The van der Waals surface area contributed by atoms with Gasteiger partial charge < -0.3 is 14.2 Å². The molecule has 2 aromatic rings. The van der Waals surface area contributed by atoms with Crippen molar-refractivity contribution in [1.82, 2.24) is 0 Å². The van der Waals surface area contributed by atoms with Crippen LogP contribution in [0.15, 0.2) is 47.2 Å². The van der Waals surface area contributed by atoms with Gasteiger partial charge in [-0.3, -0.25) is 0 Å². The van der Waals surface area contributed by atoms with Gasteiger partial charge in [-0.15, -0.1) is 0 Å². The van der Waals surface area contributed by atoms with E-state index in [9.17, 15) is 4.39 Å². The second-order valence-corrected chi connectivity index (χ2v) is 7.44. The zero-order valence-corrected chi connectivity index (χ0v) is 18.5. The molecule has 2 aromatic carbocycles. The molecule has 0 unspecified atom stereocenters. The standard InChI is InChI=1S/C22H25BrClFO3/c1-3-17-15-20(27-13-10-21(23)25)14-16(2)22(17)28-12-5-4-11-26-19-8-6-18(24)7-9-19/h6-10,14-15H,3-5,11-13H2,1-2H3. The first-order chi connectivity index (χ1) is 13.5. The molecule has 0 aliphatic heterocycles. The van der Waals surface area contributed by atoms with Crippen molar-refractivity contribution in [3.8, 4) is 17.2 Å². The minimum absolute atomic E-state index is 0.174. The molecule has 28 heavy (non-hydrogen) atoms. The summed E-state index contributed by atoms with van der Waals surface area (Å²) in [4.78, 5) is 0. The van der Waals surface area contributed by atoms with Crippen LogP contribution in [0.25, 0.3) is 0 Å². The maximum Gasteiger partial charge on any atom is 0.165 e. The maximum atomic E-state index is 12.7. The van der Waals surface area contributed by atoms with E-state index in [1.54, 1.807) is 0 Å². The molecular formula is C22H25BrClFO3. The van der Waals surface area contributed by atoms with Gasteiger partial charge in [-0.25, -0.2) is 0 Å². The Morgan fingerprint density at radius 2 is 1.71 bits per heavy atom. The number of hydrogen-bond donors (Lipinski definition) is 0. The van der Waals surface area contributed by atoms with E-state index in [0.29, 0.717) is 24.0 Å². The van der Waals surface area contributed by atoms with Gasteiger partial charge in [0, 0.05) is 5.02 Å². The molecule has 0 saturated heterocycles. The number of benzene rings is 2. The van der Waals surface area contributed by atoms with Crippen molar-refractivity contribution in [2.75, 3.05) is 19.8 Å². The Kier molecular flexibility index (Phi) is 9.65. The van der Waals surface area contributed by atoms with Gasteiger partial charge in [0.25, 0.3) is 0 Å². The molecule has 0 aliphatic carbocycles. The van der Waals surface area contributed by atoms with Crippen LogP contribution in [0.3, 0.4) is 0 Å². The first-order valence-electron chi connectivity index (χ1n) is 9.28. The van der Waals surface area contributed by atoms with Gasteiger partial charge in [0.05, 0.1) is 13.2 Å². The van der Waals surface area contributed by atoms with Gasteiger partial charge in [0.2, 0.25) is 0 Å². The van der Waals surface area contributed by atoms with E-state index in [4.69, 9.17) is 25.8 Å².